The third kappa shape index (κ3) is 3.14. The summed E-state index contributed by atoms with van der Waals surface area (Å²) in [7, 11) is 0. The standard InChI is InChI=1S/C14H18N4O2S/c1-10-15-11(2)18(16-10)8-13-7-17(4-5-20-13)14(19)12-3-6-21-9-12/h3,6,9,13H,4-5,7-8H2,1-2H3/t13-/m0/s1. The molecule has 2 aromatic heterocycles. The predicted molar refractivity (Wildman–Crippen MR) is 79.5 cm³/mol. The molecule has 0 radical (unpaired) electrons. The van der Waals surface area contributed by atoms with Gasteiger partial charge in [0.1, 0.15) is 11.6 Å². The maximum atomic E-state index is 12.4. The summed E-state index contributed by atoms with van der Waals surface area (Å²) in [6.45, 7) is 6.22. The third-order valence-electron chi connectivity index (χ3n) is 3.53. The number of hydrogen-bond donors (Lipinski definition) is 0. The second-order valence-corrected chi connectivity index (χ2v) is 5.92. The molecule has 21 heavy (non-hydrogen) atoms. The molecule has 0 aliphatic carbocycles. The first-order valence-electron chi connectivity index (χ1n) is 6.94. The SMILES string of the molecule is Cc1nc(C)n(C[C@@H]2CN(C(=O)c3ccsc3)CCO2)n1. The molecule has 0 bridgehead atoms. The number of aromatic nitrogens is 3. The Hall–Kier alpha value is -1.73. The van der Waals surface area contributed by atoms with E-state index in [0.29, 0.717) is 26.2 Å². The Labute approximate surface area is 127 Å². The van der Waals surface area contributed by atoms with Crippen LogP contribution in [-0.2, 0) is 11.3 Å². The van der Waals surface area contributed by atoms with Crippen LogP contribution in [0.25, 0.3) is 0 Å². The molecule has 0 spiro atoms. The van der Waals surface area contributed by atoms with Crippen molar-refractivity contribution in [2.75, 3.05) is 19.7 Å². The van der Waals surface area contributed by atoms with Crippen LogP contribution in [0.15, 0.2) is 16.8 Å². The van der Waals surface area contributed by atoms with Crippen LogP contribution in [0, 0.1) is 13.8 Å². The smallest absolute Gasteiger partial charge is 0.254 e. The van der Waals surface area contributed by atoms with Gasteiger partial charge in [0.15, 0.2) is 0 Å². The lowest BCUT2D eigenvalue weighted by atomic mass is 10.2. The number of nitrogens with zero attached hydrogens (tertiary/aromatic N) is 4. The summed E-state index contributed by atoms with van der Waals surface area (Å²) in [5.74, 6) is 1.71. The molecule has 6 nitrogen and oxygen atoms in total. The number of rotatable bonds is 3. The molecule has 1 aliphatic rings. The predicted octanol–water partition coefficient (Wildman–Crippen LogP) is 1.50. The Balaban J connectivity index is 1.66. The highest BCUT2D eigenvalue weighted by molar-refractivity contribution is 7.08. The van der Waals surface area contributed by atoms with Gasteiger partial charge in [-0.25, -0.2) is 9.67 Å². The summed E-state index contributed by atoms with van der Waals surface area (Å²) in [6.07, 6.45) is -0.0406. The molecule has 1 atom stereocenters. The van der Waals surface area contributed by atoms with Gasteiger partial charge in [-0.1, -0.05) is 0 Å². The number of carbonyl (C=O) groups is 1. The Bertz CT molecular complexity index is 623. The fourth-order valence-electron chi connectivity index (χ4n) is 2.51. The zero-order valence-electron chi connectivity index (χ0n) is 12.2. The molecule has 1 amide bonds. The lowest BCUT2D eigenvalue weighted by molar-refractivity contribution is -0.0302. The molecule has 0 N–H and O–H groups in total. The molecular formula is C14H18N4O2S. The molecular weight excluding hydrogens is 288 g/mol. The van der Waals surface area contributed by atoms with Crippen molar-refractivity contribution >= 4 is 17.2 Å². The zero-order chi connectivity index (χ0) is 14.8. The Morgan fingerprint density at radius 2 is 2.38 bits per heavy atom. The minimum Gasteiger partial charge on any atom is -0.373 e. The van der Waals surface area contributed by atoms with E-state index in [-0.39, 0.29) is 12.0 Å². The van der Waals surface area contributed by atoms with Crippen LogP contribution in [0.5, 0.6) is 0 Å². The molecule has 3 heterocycles. The number of aryl methyl sites for hydroxylation is 2. The van der Waals surface area contributed by atoms with Crippen molar-refractivity contribution in [3.8, 4) is 0 Å². The quantitative estimate of drug-likeness (QED) is 0.862. The average Bonchev–Trinajstić information content (AvgIpc) is 3.09. The second kappa shape index (κ2) is 5.95. The summed E-state index contributed by atoms with van der Waals surface area (Å²) in [6, 6.07) is 1.86. The fourth-order valence-corrected chi connectivity index (χ4v) is 3.14. The molecule has 112 valence electrons. The normalized spacial score (nSPS) is 19.0. The minimum absolute atomic E-state index is 0.0406. The second-order valence-electron chi connectivity index (χ2n) is 5.14. The molecule has 0 aromatic carbocycles. The molecule has 7 heteroatoms. The topological polar surface area (TPSA) is 60.2 Å². The first-order chi connectivity index (χ1) is 10.1. The van der Waals surface area contributed by atoms with E-state index in [1.165, 1.54) is 11.3 Å². The van der Waals surface area contributed by atoms with Crippen molar-refractivity contribution in [1.29, 1.82) is 0 Å². The maximum Gasteiger partial charge on any atom is 0.254 e. The number of amides is 1. The van der Waals surface area contributed by atoms with Gasteiger partial charge in [0.05, 0.1) is 24.8 Å². The average molecular weight is 306 g/mol. The molecule has 1 saturated heterocycles. The number of hydrogen-bond acceptors (Lipinski definition) is 5. The van der Waals surface area contributed by atoms with Crippen molar-refractivity contribution in [3.63, 3.8) is 0 Å². The zero-order valence-corrected chi connectivity index (χ0v) is 13.0. The van der Waals surface area contributed by atoms with Gasteiger partial charge in [0.2, 0.25) is 0 Å². The van der Waals surface area contributed by atoms with E-state index in [1.54, 1.807) is 0 Å². The van der Waals surface area contributed by atoms with Gasteiger partial charge in [-0.3, -0.25) is 4.79 Å². The van der Waals surface area contributed by atoms with E-state index in [0.717, 1.165) is 17.2 Å². The van der Waals surface area contributed by atoms with Gasteiger partial charge in [-0.05, 0) is 25.3 Å². The molecule has 0 saturated carbocycles. The van der Waals surface area contributed by atoms with Gasteiger partial charge in [0, 0.05) is 18.5 Å². The van der Waals surface area contributed by atoms with Gasteiger partial charge >= 0.3 is 0 Å². The Morgan fingerprint density at radius 1 is 1.52 bits per heavy atom. The fraction of sp³-hybridized carbons (Fsp3) is 0.500. The molecule has 0 unspecified atom stereocenters. The van der Waals surface area contributed by atoms with E-state index in [9.17, 15) is 4.79 Å². The highest BCUT2D eigenvalue weighted by Crippen LogP contribution is 2.14. The van der Waals surface area contributed by atoms with Crippen molar-refractivity contribution in [3.05, 3.63) is 34.0 Å². The summed E-state index contributed by atoms with van der Waals surface area (Å²) < 4.78 is 7.61. The maximum absolute atomic E-state index is 12.4. The number of thiophene rings is 1. The summed E-state index contributed by atoms with van der Waals surface area (Å²) in [5, 5.41) is 8.16. The summed E-state index contributed by atoms with van der Waals surface area (Å²) in [5.41, 5.74) is 0.758. The molecule has 1 aliphatic heterocycles. The van der Waals surface area contributed by atoms with Crippen LogP contribution in [0.3, 0.4) is 0 Å². The van der Waals surface area contributed by atoms with Crippen LogP contribution < -0.4 is 0 Å². The van der Waals surface area contributed by atoms with Gasteiger partial charge in [0.25, 0.3) is 5.91 Å². The number of ether oxygens (including phenoxy) is 1. The summed E-state index contributed by atoms with van der Waals surface area (Å²) >= 11 is 1.54. The molecule has 2 aromatic rings. The van der Waals surface area contributed by atoms with E-state index >= 15 is 0 Å². The van der Waals surface area contributed by atoms with Crippen LogP contribution >= 0.6 is 11.3 Å². The van der Waals surface area contributed by atoms with Crippen LogP contribution in [0.2, 0.25) is 0 Å². The van der Waals surface area contributed by atoms with Crippen molar-refractivity contribution < 1.29 is 9.53 Å². The van der Waals surface area contributed by atoms with Crippen LogP contribution in [0.4, 0.5) is 0 Å². The largest absolute Gasteiger partial charge is 0.373 e. The van der Waals surface area contributed by atoms with Gasteiger partial charge in [-0.2, -0.15) is 16.4 Å². The molecule has 1 fully saturated rings. The Morgan fingerprint density at radius 3 is 3.05 bits per heavy atom. The summed E-state index contributed by atoms with van der Waals surface area (Å²) in [4.78, 5) is 18.5. The number of carbonyl (C=O) groups excluding carboxylic acids is 1. The van der Waals surface area contributed by atoms with Crippen molar-refractivity contribution in [2.45, 2.75) is 26.5 Å². The monoisotopic (exact) mass is 306 g/mol. The minimum atomic E-state index is -0.0406. The van der Waals surface area contributed by atoms with Gasteiger partial charge in [-0.15, -0.1) is 0 Å². The van der Waals surface area contributed by atoms with Crippen molar-refractivity contribution in [2.24, 2.45) is 0 Å². The van der Waals surface area contributed by atoms with E-state index in [4.69, 9.17) is 4.74 Å². The van der Waals surface area contributed by atoms with E-state index in [1.807, 2.05) is 40.3 Å². The van der Waals surface area contributed by atoms with Gasteiger partial charge < -0.3 is 9.64 Å². The third-order valence-corrected chi connectivity index (χ3v) is 4.22. The van der Waals surface area contributed by atoms with E-state index in [2.05, 4.69) is 10.1 Å². The highest BCUT2D eigenvalue weighted by atomic mass is 32.1. The first-order valence-corrected chi connectivity index (χ1v) is 7.89. The van der Waals surface area contributed by atoms with Crippen molar-refractivity contribution in [1.82, 2.24) is 19.7 Å². The Kier molecular flexibility index (Phi) is 4.03. The lowest BCUT2D eigenvalue weighted by Crippen LogP contribution is -2.47. The highest BCUT2D eigenvalue weighted by Gasteiger charge is 2.26. The molecule has 3 rings (SSSR count). The van der Waals surface area contributed by atoms with E-state index < -0.39 is 0 Å². The van der Waals surface area contributed by atoms with Crippen LogP contribution in [-0.4, -0.2) is 51.4 Å². The number of morpholine rings is 1. The first kappa shape index (κ1) is 14.2. The lowest BCUT2D eigenvalue weighted by Gasteiger charge is -2.32. The van der Waals surface area contributed by atoms with Crippen LogP contribution in [0.1, 0.15) is 22.0 Å².